The van der Waals surface area contributed by atoms with Gasteiger partial charge in [0.15, 0.2) is 0 Å². The minimum Gasteiger partial charge on any atom is -0.395 e. The van der Waals surface area contributed by atoms with E-state index in [1.807, 2.05) is 37.3 Å². The van der Waals surface area contributed by atoms with Crippen LogP contribution in [0.25, 0.3) is 0 Å². The number of nitrogens with zero attached hydrogens (tertiary/aromatic N) is 2. The topological polar surface area (TPSA) is 136 Å². The van der Waals surface area contributed by atoms with Crippen molar-refractivity contribution in [2.24, 2.45) is 5.73 Å². The molecular formula is C19H26N4O4. The number of amides is 1. The van der Waals surface area contributed by atoms with Gasteiger partial charge in [-0.3, -0.25) is 14.9 Å². The van der Waals surface area contributed by atoms with Crippen LogP contribution < -0.4 is 16.4 Å². The zero-order valence-electron chi connectivity index (χ0n) is 15.5. The van der Waals surface area contributed by atoms with E-state index in [4.69, 9.17) is 16.6 Å². The number of carbonyl (C=O) groups excluding carboxylic acids is 1. The van der Waals surface area contributed by atoms with E-state index in [1.165, 1.54) is 12.1 Å². The highest BCUT2D eigenvalue weighted by atomic mass is 16.6. The fraction of sp³-hybridized carbons (Fsp3) is 0.316. The maximum Gasteiger partial charge on any atom is 0.292 e. The van der Waals surface area contributed by atoms with Gasteiger partial charge < -0.3 is 21.5 Å². The molecule has 0 heterocycles. The maximum atomic E-state index is 11.0. The van der Waals surface area contributed by atoms with Gasteiger partial charge in [-0.25, -0.2) is 0 Å². The third-order valence-corrected chi connectivity index (χ3v) is 4.04. The standard InChI is InChI=1S/C10H13NO.C9H13N3O3/c1-2-9(10(11)12)8-6-4-3-5-7-8;1-11(4-5-13)7-2-3-9(12(14)15)8(10)6-7/h3-7,9H,2H2,1H3,(H2,11,12);2-3,6,13H,4-5,10H2,1H3. The van der Waals surface area contributed by atoms with Crippen molar-refractivity contribution in [3.63, 3.8) is 0 Å². The first-order valence-corrected chi connectivity index (χ1v) is 8.51. The quantitative estimate of drug-likeness (QED) is 0.386. The second-order valence-electron chi connectivity index (χ2n) is 5.92. The summed E-state index contributed by atoms with van der Waals surface area (Å²) in [5, 5.41) is 19.2. The molecular weight excluding hydrogens is 348 g/mol. The van der Waals surface area contributed by atoms with Crippen molar-refractivity contribution in [2.75, 3.05) is 30.8 Å². The summed E-state index contributed by atoms with van der Waals surface area (Å²) in [4.78, 5) is 22.7. The van der Waals surface area contributed by atoms with Crippen molar-refractivity contribution in [3.8, 4) is 0 Å². The zero-order valence-corrected chi connectivity index (χ0v) is 15.5. The van der Waals surface area contributed by atoms with Crippen molar-refractivity contribution in [2.45, 2.75) is 19.3 Å². The van der Waals surface area contributed by atoms with Gasteiger partial charge in [0.05, 0.1) is 17.4 Å². The number of benzene rings is 2. The van der Waals surface area contributed by atoms with E-state index in [9.17, 15) is 14.9 Å². The monoisotopic (exact) mass is 374 g/mol. The van der Waals surface area contributed by atoms with E-state index in [2.05, 4.69) is 0 Å². The van der Waals surface area contributed by atoms with Gasteiger partial charge >= 0.3 is 0 Å². The Morgan fingerprint density at radius 2 is 1.89 bits per heavy atom. The third-order valence-electron chi connectivity index (χ3n) is 4.04. The summed E-state index contributed by atoms with van der Waals surface area (Å²) in [5.41, 5.74) is 12.5. The fourth-order valence-electron chi connectivity index (χ4n) is 2.51. The van der Waals surface area contributed by atoms with E-state index < -0.39 is 4.92 Å². The molecule has 27 heavy (non-hydrogen) atoms. The van der Waals surface area contributed by atoms with Gasteiger partial charge in [0, 0.05) is 25.3 Å². The number of nitrogen functional groups attached to an aromatic ring is 1. The highest BCUT2D eigenvalue weighted by molar-refractivity contribution is 5.81. The summed E-state index contributed by atoms with van der Waals surface area (Å²) in [5.74, 6) is -0.380. The number of nitro groups is 1. The van der Waals surface area contributed by atoms with E-state index >= 15 is 0 Å². The summed E-state index contributed by atoms with van der Waals surface area (Å²) in [7, 11) is 1.77. The second-order valence-corrected chi connectivity index (χ2v) is 5.92. The Balaban J connectivity index is 0.000000277. The Bertz CT molecular complexity index is 753. The lowest BCUT2D eigenvalue weighted by atomic mass is 9.96. The van der Waals surface area contributed by atoms with E-state index in [0.717, 1.165) is 17.7 Å². The largest absolute Gasteiger partial charge is 0.395 e. The molecule has 0 aliphatic carbocycles. The number of carbonyl (C=O) groups is 1. The fourth-order valence-corrected chi connectivity index (χ4v) is 2.51. The number of hydrogen-bond donors (Lipinski definition) is 3. The van der Waals surface area contributed by atoms with Crippen molar-refractivity contribution in [3.05, 3.63) is 64.2 Å². The Morgan fingerprint density at radius 3 is 2.33 bits per heavy atom. The summed E-state index contributed by atoms with van der Waals surface area (Å²) in [6, 6.07) is 14.1. The van der Waals surface area contributed by atoms with E-state index in [0.29, 0.717) is 6.54 Å². The van der Waals surface area contributed by atoms with Gasteiger partial charge in [-0.2, -0.15) is 0 Å². The summed E-state index contributed by atoms with van der Waals surface area (Å²) < 4.78 is 0. The Hall–Kier alpha value is -3.13. The lowest BCUT2D eigenvalue weighted by Crippen LogP contribution is -2.21. The predicted octanol–water partition coefficient (Wildman–Crippen LogP) is 2.27. The molecule has 0 aliphatic rings. The number of rotatable bonds is 7. The normalized spacial score (nSPS) is 11.1. The van der Waals surface area contributed by atoms with Crippen LogP contribution in [0, 0.1) is 10.1 Å². The predicted molar refractivity (Wildman–Crippen MR) is 107 cm³/mol. The molecule has 146 valence electrons. The number of primary amides is 1. The van der Waals surface area contributed by atoms with Crippen LogP contribution in [0.3, 0.4) is 0 Å². The van der Waals surface area contributed by atoms with Crippen molar-refractivity contribution < 1.29 is 14.8 Å². The van der Waals surface area contributed by atoms with Gasteiger partial charge in [-0.15, -0.1) is 0 Å². The van der Waals surface area contributed by atoms with Crippen LogP contribution in [0.5, 0.6) is 0 Å². The van der Waals surface area contributed by atoms with Crippen LogP contribution in [0.15, 0.2) is 48.5 Å². The molecule has 8 heteroatoms. The van der Waals surface area contributed by atoms with Crippen LogP contribution in [0.1, 0.15) is 24.8 Å². The Labute approximate surface area is 158 Å². The molecule has 0 spiro atoms. The molecule has 1 atom stereocenters. The van der Waals surface area contributed by atoms with Gasteiger partial charge in [0.2, 0.25) is 5.91 Å². The number of anilines is 2. The molecule has 5 N–H and O–H groups in total. The lowest BCUT2D eigenvalue weighted by Gasteiger charge is -2.17. The number of nitro benzene ring substituents is 1. The number of hydrogen-bond acceptors (Lipinski definition) is 6. The van der Waals surface area contributed by atoms with Gasteiger partial charge in [-0.05, 0) is 24.1 Å². The average Bonchev–Trinajstić information content (AvgIpc) is 2.63. The smallest absolute Gasteiger partial charge is 0.292 e. The maximum absolute atomic E-state index is 11.0. The SMILES string of the molecule is CCC(C(N)=O)c1ccccc1.CN(CCO)c1ccc([N+](=O)[O-])c(N)c1. The molecule has 0 aromatic heterocycles. The minimum absolute atomic E-state index is 0.0212. The number of likely N-dealkylation sites (N-methyl/N-ethyl adjacent to an activating group) is 1. The van der Waals surface area contributed by atoms with E-state index in [1.54, 1.807) is 18.0 Å². The molecule has 0 radical (unpaired) electrons. The lowest BCUT2D eigenvalue weighted by molar-refractivity contribution is -0.383. The molecule has 0 saturated carbocycles. The average molecular weight is 374 g/mol. The first-order valence-electron chi connectivity index (χ1n) is 8.51. The minimum atomic E-state index is -0.523. The Morgan fingerprint density at radius 1 is 1.26 bits per heavy atom. The molecule has 0 bridgehead atoms. The van der Waals surface area contributed by atoms with Crippen LogP contribution in [-0.2, 0) is 4.79 Å². The Kier molecular flexibility index (Phi) is 8.74. The van der Waals surface area contributed by atoms with Crippen molar-refractivity contribution in [1.29, 1.82) is 0 Å². The molecule has 8 nitrogen and oxygen atoms in total. The zero-order chi connectivity index (χ0) is 20.4. The first kappa shape index (κ1) is 21.9. The van der Waals surface area contributed by atoms with Gasteiger partial charge in [-0.1, -0.05) is 37.3 Å². The molecule has 0 aliphatic heterocycles. The molecule has 0 fully saturated rings. The van der Waals surface area contributed by atoms with E-state index in [-0.39, 0.29) is 29.8 Å². The van der Waals surface area contributed by atoms with Gasteiger partial charge in [0.25, 0.3) is 5.69 Å². The summed E-state index contributed by atoms with van der Waals surface area (Å²) >= 11 is 0. The van der Waals surface area contributed by atoms with Crippen molar-refractivity contribution >= 4 is 23.0 Å². The molecule has 2 aromatic carbocycles. The number of nitrogens with two attached hydrogens (primary N) is 2. The molecule has 1 amide bonds. The van der Waals surface area contributed by atoms with Gasteiger partial charge in [0.1, 0.15) is 5.69 Å². The van der Waals surface area contributed by atoms with Crippen LogP contribution >= 0.6 is 0 Å². The van der Waals surface area contributed by atoms with Crippen molar-refractivity contribution in [1.82, 2.24) is 0 Å². The molecule has 2 rings (SSSR count). The van der Waals surface area contributed by atoms with Crippen LogP contribution in [-0.4, -0.2) is 36.1 Å². The highest BCUT2D eigenvalue weighted by Gasteiger charge is 2.14. The number of aliphatic hydroxyl groups is 1. The highest BCUT2D eigenvalue weighted by Crippen LogP contribution is 2.26. The molecule has 2 aromatic rings. The first-order chi connectivity index (χ1) is 12.8. The molecule has 0 saturated heterocycles. The van der Waals surface area contributed by atoms with Crippen LogP contribution in [0.4, 0.5) is 17.1 Å². The van der Waals surface area contributed by atoms with Crippen LogP contribution in [0.2, 0.25) is 0 Å². The second kappa shape index (κ2) is 10.8. The summed E-state index contributed by atoms with van der Waals surface area (Å²) in [6.45, 7) is 2.44. The summed E-state index contributed by atoms with van der Waals surface area (Å²) in [6.07, 6.45) is 0.763. The number of aliphatic hydroxyl groups excluding tert-OH is 1. The molecule has 1 unspecified atom stereocenters. The third kappa shape index (κ3) is 6.59.